The van der Waals surface area contributed by atoms with Crippen LogP contribution in [-0.2, 0) is 17.7 Å². The Morgan fingerprint density at radius 1 is 1.03 bits per heavy atom. The summed E-state index contributed by atoms with van der Waals surface area (Å²) in [4.78, 5) is 0. The lowest BCUT2D eigenvalue weighted by Crippen LogP contribution is -2.61. The third-order valence-corrected chi connectivity index (χ3v) is 5.03. The minimum absolute atomic E-state index is 0.244. The molecule has 0 spiro atoms. The van der Waals surface area contributed by atoms with E-state index < -0.39 is 6.36 Å². The molecule has 6 nitrogen and oxygen atoms in total. The Morgan fingerprint density at radius 2 is 1.71 bits per heavy atom. The van der Waals surface area contributed by atoms with Crippen molar-refractivity contribution < 1.29 is 31.9 Å². The van der Waals surface area contributed by atoms with E-state index in [2.05, 4.69) is 15.2 Å². The van der Waals surface area contributed by atoms with E-state index in [9.17, 15) is 13.2 Å². The largest absolute Gasteiger partial charge is 0.573 e. The number of halogens is 3. The van der Waals surface area contributed by atoms with Gasteiger partial charge in [0, 0.05) is 24.6 Å². The van der Waals surface area contributed by atoms with Crippen LogP contribution in [0.3, 0.4) is 0 Å². The molecule has 1 aromatic heterocycles. The lowest BCUT2D eigenvalue weighted by Gasteiger charge is -2.42. The molecule has 0 aliphatic carbocycles. The predicted octanol–water partition coefficient (Wildman–Crippen LogP) is 4.35. The Hall–Kier alpha value is -3.04. The first-order valence-electron chi connectivity index (χ1n) is 9.62. The highest BCUT2D eigenvalue weighted by Gasteiger charge is 2.39. The van der Waals surface area contributed by atoms with E-state index in [1.165, 1.54) is 12.1 Å². The summed E-state index contributed by atoms with van der Waals surface area (Å²) in [5.41, 5.74) is 2.21. The third kappa shape index (κ3) is 5.36. The highest BCUT2D eigenvalue weighted by Crippen LogP contribution is 2.28. The van der Waals surface area contributed by atoms with Gasteiger partial charge < -0.3 is 24.1 Å². The first kappa shape index (κ1) is 21.2. The fourth-order valence-corrected chi connectivity index (χ4v) is 3.35. The van der Waals surface area contributed by atoms with Gasteiger partial charge >= 0.3 is 6.36 Å². The van der Waals surface area contributed by atoms with Crippen LogP contribution in [0.15, 0.2) is 59.1 Å². The van der Waals surface area contributed by atoms with Gasteiger partial charge in [0.05, 0.1) is 31.6 Å². The molecule has 164 valence electrons. The zero-order valence-corrected chi connectivity index (χ0v) is 16.7. The van der Waals surface area contributed by atoms with Gasteiger partial charge in [-0.15, -0.1) is 13.2 Å². The van der Waals surface area contributed by atoms with Gasteiger partial charge in [-0.2, -0.15) is 0 Å². The van der Waals surface area contributed by atoms with E-state index in [1.807, 2.05) is 30.3 Å². The van der Waals surface area contributed by atoms with Crippen LogP contribution in [0.1, 0.15) is 11.3 Å². The van der Waals surface area contributed by atoms with E-state index in [-0.39, 0.29) is 11.3 Å². The first-order chi connectivity index (χ1) is 14.8. The number of alkyl halides is 3. The molecule has 0 amide bonds. The molecule has 3 aromatic rings. The van der Waals surface area contributed by atoms with Crippen molar-refractivity contribution in [2.75, 3.05) is 20.3 Å². The minimum Gasteiger partial charge on any atom is -0.497 e. The second-order valence-electron chi connectivity index (χ2n) is 7.41. The van der Waals surface area contributed by atoms with Crippen LogP contribution >= 0.6 is 0 Å². The fourth-order valence-electron chi connectivity index (χ4n) is 3.35. The zero-order chi connectivity index (χ0) is 21.9. The summed E-state index contributed by atoms with van der Waals surface area (Å²) >= 11 is 0. The molecule has 31 heavy (non-hydrogen) atoms. The standard InChI is InChI=1S/C22H21F3N2O4/c1-28-18-8-4-16(5-9-18)20-10-17(27-31-20)11-21(13-29-14-21)26-12-15-2-6-19(7-3-15)30-22(23,24)25/h2-10,26H,11-14H2,1H3. The topological polar surface area (TPSA) is 65.8 Å². The van der Waals surface area contributed by atoms with Crippen molar-refractivity contribution in [3.05, 3.63) is 65.9 Å². The minimum atomic E-state index is -4.70. The molecular weight excluding hydrogens is 413 g/mol. The number of ether oxygens (including phenoxy) is 3. The summed E-state index contributed by atoms with van der Waals surface area (Å²) < 4.78 is 56.8. The summed E-state index contributed by atoms with van der Waals surface area (Å²) in [6.07, 6.45) is -4.10. The van der Waals surface area contributed by atoms with Crippen LogP contribution in [0.25, 0.3) is 11.3 Å². The predicted molar refractivity (Wildman–Crippen MR) is 106 cm³/mol. The molecule has 0 unspecified atom stereocenters. The number of aromatic nitrogens is 1. The van der Waals surface area contributed by atoms with Gasteiger partial charge in [-0.05, 0) is 42.0 Å². The highest BCUT2D eigenvalue weighted by atomic mass is 19.4. The first-order valence-corrected chi connectivity index (χ1v) is 9.62. The normalized spacial score (nSPS) is 15.4. The van der Waals surface area contributed by atoms with Gasteiger partial charge in [-0.25, -0.2) is 0 Å². The van der Waals surface area contributed by atoms with Gasteiger partial charge in [-0.1, -0.05) is 17.3 Å². The van der Waals surface area contributed by atoms with E-state index >= 15 is 0 Å². The van der Waals surface area contributed by atoms with Crippen LogP contribution in [0.4, 0.5) is 13.2 Å². The Balaban J connectivity index is 1.37. The molecule has 2 heterocycles. The number of nitrogens with zero attached hydrogens (tertiary/aromatic N) is 1. The van der Waals surface area contributed by atoms with Gasteiger partial charge in [0.2, 0.25) is 0 Å². The average Bonchev–Trinajstić information content (AvgIpc) is 3.18. The summed E-state index contributed by atoms with van der Waals surface area (Å²) in [7, 11) is 1.61. The van der Waals surface area contributed by atoms with Gasteiger partial charge in [0.1, 0.15) is 11.5 Å². The third-order valence-electron chi connectivity index (χ3n) is 5.03. The van der Waals surface area contributed by atoms with Gasteiger partial charge in [0.25, 0.3) is 0 Å². The maximum atomic E-state index is 12.3. The molecule has 1 saturated heterocycles. The smallest absolute Gasteiger partial charge is 0.497 e. The maximum Gasteiger partial charge on any atom is 0.573 e. The summed E-state index contributed by atoms with van der Waals surface area (Å²) in [6.45, 7) is 1.48. The summed E-state index contributed by atoms with van der Waals surface area (Å²) in [5.74, 6) is 1.18. The number of methoxy groups -OCH3 is 1. The number of rotatable bonds is 8. The molecule has 1 N–H and O–H groups in total. The van der Waals surface area contributed by atoms with Gasteiger partial charge in [-0.3, -0.25) is 0 Å². The zero-order valence-electron chi connectivity index (χ0n) is 16.7. The fraction of sp³-hybridized carbons (Fsp3) is 0.318. The number of benzene rings is 2. The number of hydrogen-bond donors (Lipinski definition) is 1. The molecule has 4 rings (SSSR count). The Labute approximate surface area is 176 Å². The Morgan fingerprint density at radius 3 is 2.29 bits per heavy atom. The van der Waals surface area contributed by atoms with Crippen LogP contribution in [0.5, 0.6) is 11.5 Å². The molecule has 1 aliphatic heterocycles. The van der Waals surface area contributed by atoms with Crippen LogP contribution < -0.4 is 14.8 Å². The lowest BCUT2D eigenvalue weighted by atomic mass is 9.90. The molecule has 0 atom stereocenters. The average molecular weight is 434 g/mol. The van der Waals surface area contributed by atoms with E-state index in [4.69, 9.17) is 14.0 Å². The van der Waals surface area contributed by atoms with Gasteiger partial charge in [0.15, 0.2) is 5.76 Å². The number of hydrogen-bond acceptors (Lipinski definition) is 6. The molecule has 1 fully saturated rings. The molecule has 9 heteroatoms. The van der Waals surface area contributed by atoms with Crippen LogP contribution in [0.2, 0.25) is 0 Å². The second kappa shape index (κ2) is 8.60. The van der Waals surface area contributed by atoms with Crippen molar-refractivity contribution in [2.24, 2.45) is 0 Å². The van der Waals surface area contributed by atoms with Crippen LogP contribution in [0, 0.1) is 0 Å². The molecule has 2 aromatic carbocycles. The SMILES string of the molecule is COc1ccc(-c2cc(CC3(NCc4ccc(OC(F)(F)F)cc4)COC3)no2)cc1. The van der Waals surface area contributed by atoms with E-state index in [0.29, 0.717) is 31.9 Å². The summed E-state index contributed by atoms with van der Waals surface area (Å²) in [6, 6.07) is 15.2. The number of nitrogens with one attached hydrogen (secondary N) is 1. The molecular formula is C22H21F3N2O4. The maximum absolute atomic E-state index is 12.3. The van der Waals surface area contributed by atoms with Crippen molar-refractivity contribution >= 4 is 0 Å². The van der Waals surface area contributed by atoms with Crippen molar-refractivity contribution in [2.45, 2.75) is 24.9 Å². The van der Waals surface area contributed by atoms with Crippen LogP contribution in [-0.4, -0.2) is 37.4 Å². The van der Waals surface area contributed by atoms with Crippen molar-refractivity contribution in [1.29, 1.82) is 0 Å². The van der Waals surface area contributed by atoms with Crippen molar-refractivity contribution in [3.63, 3.8) is 0 Å². The Bertz CT molecular complexity index is 997. The molecule has 0 saturated carbocycles. The summed E-state index contributed by atoms with van der Waals surface area (Å²) in [5, 5.41) is 7.62. The Kier molecular flexibility index (Phi) is 5.88. The lowest BCUT2D eigenvalue weighted by molar-refractivity contribution is -0.274. The monoisotopic (exact) mass is 434 g/mol. The van der Waals surface area contributed by atoms with Crippen molar-refractivity contribution in [1.82, 2.24) is 10.5 Å². The quantitative estimate of drug-likeness (QED) is 0.569. The van der Waals surface area contributed by atoms with Crippen molar-refractivity contribution in [3.8, 4) is 22.8 Å². The van der Waals surface area contributed by atoms with E-state index in [0.717, 1.165) is 22.6 Å². The second-order valence-corrected chi connectivity index (χ2v) is 7.41. The molecule has 1 aliphatic rings. The highest BCUT2D eigenvalue weighted by molar-refractivity contribution is 5.58. The van der Waals surface area contributed by atoms with E-state index in [1.54, 1.807) is 19.2 Å². The molecule has 0 radical (unpaired) electrons. The molecule has 0 bridgehead atoms.